The minimum absolute atomic E-state index is 0. The molecule has 0 fully saturated rings. The fraction of sp³-hybridized carbons (Fsp3) is 0. The molecule has 38 heavy (non-hydrogen) atoms. The van der Waals surface area contributed by atoms with E-state index in [-0.39, 0.29) is 54.6 Å². The first-order valence-electron chi connectivity index (χ1n) is 11.5. The summed E-state index contributed by atoms with van der Waals surface area (Å²) >= 11 is 0. The Kier molecular flexibility index (Phi) is 33.5. The van der Waals surface area contributed by atoms with Crippen molar-refractivity contribution in [1.29, 1.82) is 0 Å². The van der Waals surface area contributed by atoms with Crippen molar-refractivity contribution in [1.82, 2.24) is 0 Å². The van der Waals surface area contributed by atoms with Crippen molar-refractivity contribution in [2.24, 2.45) is 0 Å². The van der Waals surface area contributed by atoms with E-state index in [0.29, 0.717) is 0 Å². The summed E-state index contributed by atoms with van der Waals surface area (Å²) in [6, 6.07) is 75.0. The van der Waals surface area contributed by atoms with Gasteiger partial charge in [-0.05, 0) is 36.4 Å². The van der Waals surface area contributed by atoms with E-state index < -0.39 is 0 Å². The van der Waals surface area contributed by atoms with Gasteiger partial charge in [0.05, 0.1) is 0 Å². The van der Waals surface area contributed by atoms with Gasteiger partial charge in [-0.25, -0.2) is 0 Å². The molecule has 0 atom stereocenters. The molecule has 0 heterocycles. The summed E-state index contributed by atoms with van der Waals surface area (Å²) in [5, 5.41) is 0. The fourth-order valence-electron chi connectivity index (χ4n) is 2.05. The molecule has 182 valence electrons. The van der Waals surface area contributed by atoms with Gasteiger partial charge in [-0.15, -0.1) is 0 Å². The molecule has 0 saturated heterocycles. The average Bonchev–Trinajstić information content (AvgIpc) is 3.04. The molecule has 0 nitrogen and oxygen atoms in total. The molecule has 0 aliphatic rings. The van der Waals surface area contributed by atoms with Gasteiger partial charge in [0.25, 0.3) is 0 Å². The number of hydrogen-bond acceptors (Lipinski definition) is 0. The quantitative estimate of drug-likeness (QED) is 0.135. The van der Waals surface area contributed by atoms with Crippen LogP contribution in [0.4, 0.5) is 0 Å². The summed E-state index contributed by atoms with van der Waals surface area (Å²) < 4.78 is 0. The van der Waals surface area contributed by atoms with Crippen molar-refractivity contribution < 1.29 is 0 Å². The predicted octanol–water partition coefficient (Wildman–Crippen LogP) is 8.16. The van der Waals surface area contributed by atoms with Crippen molar-refractivity contribution in [3.05, 3.63) is 218 Å². The first-order chi connectivity index (χ1) is 18.0. The van der Waals surface area contributed by atoms with E-state index in [0.717, 1.165) is 0 Å². The summed E-state index contributed by atoms with van der Waals surface area (Å²) in [5.74, 6) is 0. The van der Waals surface area contributed by atoms with Crippen LogP contribution in [-0.2, 0) is 0 Å². The Morgan fingerprint density at radius 3 is 0.289 bits per heavy atom. The maximum atomic E-state index is 2.89. The van der Waals surface area contributed by atoms with Crippen LogP contribution in [0.15, 0.2) is 182 Å². The van der Waals surface area contributed by atoms with E-state index in [1.165, 1.54) is 0 Å². The molecule has 0 aliphatic carbocycles. The molecule has 14 radical (unpaired) electrons. The molecule has 0 aromatic heterocycles. The fourth-order valence-corrected chi connectivity index (χ4v) is 2.05. The van der Waals surface area contributed by atoms with E-state index in [1.54, 1.807) is 0 Å². The zero-order valence-electron chi connectivity index (χ0n) is 21.3. The van der Waals surface area contributed by atoms with Crippen molar-refractivity contribution >= 4 is 54.6 Å². The first-order valence-corrected chi connectivity index (χ1v) is 11.5. The monoisotopic (exact) mass is 878 g/mol. The molecular formula is C36H30Pb2. The van der Waals surface area contributed by atoms with Crippen LogP contribution in [0, 0.1) is 36.4 Å². The van der Waals surface area contributed by atoms with Crippen LogP contribution in [0.5, 0.6) is 0 Å². The SMILES string of the molecule is [Pb].[Pb].[c]1ccccc1.[c]1ccccc1.[c]1ccccc1.[c]1ccccc1.[c]1ccccc1.[c]1ccccc1. The summed E-state index contributed by atoms with van der Waals surface area (Å²) in [6.07, 6.45) is 0. The normalized spacial score (nSPS) is 7.58. The van der Waals surface area contributed by atoms with Crippen LogP contribution in [0.1, 0.15) is 0 Å². The Balaban J connectivity index is 0. The predicted molar refractivity (Wildman–Crippen MR) is 163 cm³/mol. The standard InChI is InChI=1S/6C6H5.2Pb/c6*1-2-4-6-5-3-1;;/h6*1-5H;;. The maximum Gasteiger partial charge on any atom is 0 e. The Labute approximate surface area is 270 Å². The molecule has 6 aromatic carbocycles. The van der Waals surface area contributed by atoms with Crippen LogP contribution in [0.3, 0.4) is 0 Å². The molecule has 6 aromatic rings. The van der Waals surface area contributed by atoms with E-state index in [2.05, 4.69) is 36.4 Å². The molecule has 6 rings (SSSR count). The second-order valence-electron chi connectivity index (χ2n) is 6.46. The van der Waals surface area contributed by atoms with Gasteiger partial charge >= 0.3 is 0 Å². The summed E-state index contributed by atoms with van der Waals surface area (Å²) in [4.78, 5) is 0. The van der Waals surface area contributed by atoms with Gasteiger partial charge in [-0.1, -0.05) is 182 Å². The molecule has 0 spiro atoms. The summed E-state index contributed by atoms with van der Waals surface area (Å²) in [5.41, 5.74) is 0. The second kappa shape index (κ2) is 34.2. The third kappa shape index (κ3) is 31.2. The van der Waals surface area contributed by atoms with Gasteiger partial charge in [0, 0.05) is 54.6 Å². The van der Waals surface area contributed by atoms with Crippen molar-refractivity contribution in [3.63, 3.8) is 0 Å². The van der Waals surface area contributed by atoms with Crippen molar-refractivity contribution in [3.8, 4) is 0 Å². The van der Waals surface area contributed by atoms with Gasteiger partial charge < -0.3 is 0 Å². The maximum absolute atomic E-state index is 2.89. The molecule has 0 bridgehead atoms. The molecule has 0 N–H and O–H groups in total. The Morgan fingerprint density at radius 1 is 0.158 bits per heavy atom. The smallest absolute Gasteiger partial charge is 0 e. The minimum Gasteiger partial charge on any atom is -0.0622 e. The molecular weight excluding hydrogens is 847 g/mol. The van der Waals surface area contributed by atoms with Gasteiger partial charge in [-0.2, -0.15) is 0 Å². The third-order valence-corrected chi connectivity index (χ3v) is 3.64. The van der Waals surface area contributed by atoms with Crippen molar-refractivity contribution in [2.45, 2.75) is 0 Å². The Bertz CT molecular complexity index is 687. The number of benzene rings is 6. The minimum atomic E-state index is 0. The van der Waals surface area contributed by atoms with Crippen LogP contribution in [0.25, 0.3) is 0 Å². The van der Waals surface area contributed by atoms with Crippen LogP contribution in [0.2, 0.25) is 0 Å². The topological polar surface area (TPSA) is 0 Å². The second-order valence-corrected chi connectivity index (χ2v) is 6.46. The Hall–Kier alpha value is -2.84. The van der Waals surface area contributed by atoms with E-state index >= 15 is 0 Å². The largest absolute Gasteiger partial charge is 0.0622 e. The number of rotatable bonds is 0. The van der Waals surface area contributed by atoms with Gasteiger partial charge in [0.1, 0.15) is 0 Å². The van der Waals surface area contributed by atoms with Crippen molar-refractivity contribution in [2.75, 3.05) is 0 Å². The average molecular weight is 877 g/mol. The zero-order chi connectivity index (χ0) is 25.5. The van der Waals surface area contributed by atoms with Gasteiger partial charge in [0.2, 0.25) is 0 Å². The van der Waals surface area contributed by atoms with E-state index in [4.69, 9.17) is 0 Å². The third-order valence-electron chi connectivity index (χ3n) is 3.64. The molecule has 2 heteroatoms. The first kappa shape index (κ1) is 37.3. The Morgan fingerprint density at radius 2 is 0.263 bits per heavy atom. The van der Waals surface area contributed by atoms with E-state index in [9.17, 15) is 0 Å². The zero-order valence-corrected chi connectivity index (χ0v) is 29.1. The molecule has 0 saturated carbocycles. The van der Waals surface area contributed by atoms with Crippen LogP contribution < -0.4 is 0 Å². The summed E-state index contributed by atoms with van der Waals surface area (Å²) in [6.45, 7) is 0. The van der Waals surface area contributed by atoms with Gasteiger partial charge in [-0.3, -0.25) is 0 Å². The molecule has 0 aliphatic heterocycles. The number of hydrogen-bond donors (Lipinski definition) is 0. The van der Waals surface area contributed by atoms with Gasteiger partial charge in [0.15, 0.2) is 0 Å². The molecule has 0 unspecified atom stereocenters. The molecule has 0 amide bonds. The van der Waals surface area contributed by atoms with Crippen LogP contribution >= 0.6 is 0 Å². The summed E-state index contributed by atoms with van der Waals surface area (Å²) in [7, 11) is 0. The van der Waals surface area contributed by atoms with E-state index in [1.807, 2.05) is 182 Å². The van der Waals surface area contributed by atoms with Crippen LogP contribution in [-0.4, -0.2) is 54.6 Å².